The minimum atomic E-state index is -4.67. The highest BCUT2D eigenvalue weighted by Gasteiger charge is 2.34. The van der Waals surface area contributed by atoms with Gasteiger partial charge in [0.1, 0.15) is 0 Å². The molecule has 1 N–H and O–H groups in total. The second kappa shape index (κ2) is 11.7. The number of nitrogens with zero attached hydrogens (tertiary/aromatic N) is 2. The molecule has 1 aromatic carbocycles. The predicted octanol–water partition coefficient (Wildman–Crippen LogP) is 4.45. The number of halogens is 4. The zero-order valence-corrected chi connectivity index (χ0v) is 19.6. The first-order valence-corrected chi connectivity index (χ1v) is 11.6. The Kier molecular flexibility index (Phi) is 8.96. The summed E-state index contributed by atoms with van der Waals surface area (Å²) in [4.78, 5) is 25.0. The van der Waals surface area contributed by atoms with Crippen molar-refractivity contribution < 1.29 is 32.2 Å². The first-order valence-electron chi connectivity index (χ1n) is 11.2. The van der Waals surface area contributed by atoms with Crippen LogP contribution in [0.4, 0.5) is 13.2 Å². The van der Waals surface area contributed by atoms with Crippen LogP contribution in [-0.4, -0.2) is 48.0 Å². The van der Waals surface area contributed by atoms with Crippen LogP contribution in [0.1, 0.15) is 63.9 Å². The van der Waals surface area contributed by atoms with Crippen LogP contribution in [0.15, 0.2) is 18.2 Å². The normalized spacial score (nSPS) is 15.3. The number of aromatic nitrogens is 2. The minimum absolute atomic E-state index is 0.0196. The number of hydrogen-bond acceptors (Lipinski definition) is 5. The smallest absolute Gasteiger partial charge is 0.417 e. The van der Waals surface area contributed by atoms with Crippen LogP contribution in [0.3, 0.4) is 0 Å². The molecule has 11 heteroatoms. The maximum Gasteiger partial charge on any atom is 0.417 e. The van der Waals surface area contributed by atoms with E-state index < -0.39 is 22.7 Å². The average molecular weight is 502 g/mol. The highest BCUT2D eigenvalue weighted by atomic mass is 35.5. The van der Waals surface area contributed by atoms with Crippen molar-refractivity contribution >= 4 is 23.5 Å². The summed E-state index contributed by atoms with van der Waals surface area (Å²) in [6, 6.07) is 2.90. The molecule has 0 radical (unpaired) electrons. The molecule has 0 aliphatic carbocycles. The largest absolute Gasteiger partial charge is 0.462 e. The number of amides is 1. The van der Waals surface area contributed by atoms with Gasteiger partial charge in [-0.05, 0) is 43.9 Å². The molecule has 1 aliphatic heterocycles. The van der Waals surface area contributed by atoms with Crippen LogP contribution in [0, 0.1) is 0 Å². The minimum Gasteiger partial charge on any atom is -0.462 e. The Balaban J connectivity index is 1.66. The second-order valence-corrected chi connectivity index (χ2v) is 8.26. The first kappa shape index (κ1) is 26.0. The van der Waals surface area contributed by atoms with Gasteiger partial charge in [-0.3, -0.25) is 9.48 Å². The zero-order chi connectivity index (χ0) is 24.7. The first-order chi connectivity index (χ1) is 16.2. The quantitative estimate of drug-likeness (QED) is 0.467. The summed E-state index contributed by atoms with van der Waals surface area (Å²) in [7, 11) is 0. The number of carbonyl (C=O) groups is 2. The molecule has 0 atom stereocenters. The number of carbonyl (C=O) groups excluding carboxylic acids is 2. The van der Waals surface area contributed by atoms with Crippen LogP contribution in [0.5, 0.6) is 0 Å². The van der Waals surface area contributed by atoms with Gasteiger partial charge in [0.2, 0.25) is 0 Å². The van der Waals surface area contributed by atoms with Gasteiger partial charge in [0, 0.05) is 32.7 Å². The van der Waals surface area contributed by atoms with E-state index in [1.165, 1.54) is 6.07 Å². The summed E-state index contributed by atoms with van der Waals surface area (Å²) in [6.45, 7) is 3.99. The van der Waals surface area contributed by atoms with E-state index in [1.54, 1.807) is 4.68 Å². The Morgan fingerprint density at radius 3 is 2.79 bits per heavy atom. The van der Waals surface area contributed by atoms with Gasteiger partial charge in [0.15, 0.2) is 0 Å². The highest BCUT2D eigenvalue weighted by molar-refractivity contribution is 6.31. The Hall–Kier alpha value is -2.59. The molecule has 1 aliphatic rings. The van der Waals surface area contributed by atoms with Crippen molar-refractivity contribution in [2.24, 2.45) is 0 Å². The van der Waals surface area contributed by atoms with Gasteiger partial charge in [-0.25, -0.2) is 4.79 Å². The Labute approximate surface area is 200 Å². The number of hydrogen-bond donors (Lipinski definition) is 1. The third-order valence-corrected chi connectivity index (χ3v) is 5.73. The monoisotopic (exact) mass is 501 g/mol. The number of rotatable bonds is 6. The molecule has 0 bridgehead atoms. The SMILES string of the molecule is CCc1nn(CCCOC(=O)c2ccc(Cl)c(C(F)(F)F)c2)c2c1C(=O)NCCCOCCC2. The van der Waals surface area contributed by atoms with Gasteiger partial charge in [-0.2, -0.15) is 18.3 Å². The van der Waals surface area contributed by atoms with Crippen LogP contribution < -0.4 is 5.32 Å². The molecule has 0 fully saturated rings. The maximum absolute atomic E-state index is 13.0. The molecule has 0 saturated heterocycles. The fourth-order valence-electron chi connectivity index (χ4n) is 3.74. The van der Waals surface area contributed by atoms with Crippen LogP contribution in [0.2, 0.25) is 5.02 Å². The van der Waals surface area contributed by atoms with Crippen molar-refractivity contribution in [3.05, 3.63) is 51.3 Å². The van der Waals surface area contributed by atoms with Crippen molar-refractivity contribution in [3.63, 3.8) is 0 Å². The summed E-state index contributed by atoms with van der Waals surface area (Å²) in [5.41, 5.74) is 0.774. The van der Waals surface area contributed by atoms with E-state index >= 15 is 0 Å². The van der Waals surface area contributed by atoms with Crippen LogP contribution >= 0.6 is 11.6 Å². The zero-order valence-electron chi connectivity index (χ0n) is 18.8. The number of esters is 1. The number of alkyl halides is 3. The average Bonchev–Trinajstić information content (AvgIpc) is 3.13. The van der Waals surface area contributed by atoms with Gasteiger partial charge in [-0.15, -0.1) is 0 Å². The molecule has 186 valence electrons. The molecule has 0 unspecified atom stereocenters. The molecule has 0 saturated carbocycles. The number of nitrogens with one attached hydrogen (secondary N) is 1. The lowest BCUT2D eigenvalue weighted by atomic mass is 10.1. The van der Waals surface area contributed by atoms with E-state index in [2.05, 4.69) is 10.4 Å². The van der Waals surface area contributed by atoms with E-state index in [0.717, 1.165) is 24.6 Å². The van der Waals surface area contributed by atoms with Crippen molar-refractivity contribution in [1.29, 1.82) is 0 Å². The highest BCUT2D eigenvalue weighted by Crippen LogP contribution is 2.35. The number of aryl methyl sites for hydroxylation is 2. The van der Waals surface area contributed by atoms with E-state index in [4.69, 9.17) is 21.1 Å². The molecule has 2 aromatic rings. The summed E-state index contributed by atoms with van der Waals surface area (Å²) in [5, 5.41) is 7.02. The van der Waals surface area contributed by atoms with Crippen molar-refractivity contribution in [3.8, 4) is 0 Å². The Bertz CT molecular complexity index is 1020. The Morgan fingerprint density at radius 2 is 2.06 bits per heavy atom. The van der Waals surface area contributed by atoms with Gasteiger partial charge < -0.3 is 14.8 Å². The standard InChI is InChI=1S/C23H27ClF3N3O4/c1-2-18-20-19(6-3-11-33-12-4-9-28-21(20)31)30(29-18)10-5-13-34-22(32)15-7-8-17(24)16(14-15)23(25,26)27/h7-8,14H,2-6,9-13H2,1H3,(H,28,31). The van der Waals surface area contributed by atoms with Crippen molar-refractivity contribution in [2.45, 2.75) is 51.7 Å². The van der Waals surface area contributed by atoms with Crippen molar-refractivity contribution in [2.75, 3.05) is 26.4 Å². The Morgan fingerprint density at radius 1 is 1.29 bits per heavy atom. The topological polar surface area (TPSA) is 82.5 Å². The molecule has 3 rings (SSSR count). The van der Waals surface area contributed by atoms with E-state index in [9.17, 15) is 22.8 Å². The molecule has 34 heavy (non-hydrogen) atoms. The van der Waals surface area contributed by atoms with Crippen LogP contribution in [0.25, 0.3) is 0 Å². The van der Waals surface area contributed by atoms with Gasteiger partial charge >= 0.3 is 12.1 Å². The van der Waals surface area contributed by atoms with Crippen LogP contribution in [-0.2, 0) is 35.0 Å². The molecule has 0 spiro atoms. The fourth-order valence-corrected chi connectivity index (χ4v) is 3.97. The lowest BCUT2D eigenvalue weighted by Gasteiger charge is -2.12. The number of fused-ring (bicyclic) bond motifs is 1. The molecule has 7 nitrogen and oxygen atoms in total. The number of benzene rings is 1. The molecular formula is C23H27ClF3N3O4. The maximum atomic E-state index is 13.0. The summed E-state index contributed by atoms with van der Waals surface area (Å²) < 4.78 is 51.6. The summed E-state index contributed by atoms with van der Waals surface area (Å²) in [6.07, 6.45) is -1.62. The van der Waals surface area contributed by atoms with Gasteiger partial charge in [-0.1, -0.05) is 18.5 Å². The lowest BCUT2D eigenvalue weighted by molar-refractivity contribution is -0.137. The van der Waals surface area contributed by atoms with Crippen molar-refractivity contribution in [1.82, 2.24) is 15.1 Å². The second-order valence-electron chi connectivity index (χ2n) is 7.85. The summed E-state index contributed by atoms with van der Waals surface area (Å²) >= 11 is 5.59. The molecule has 1 amide bonds. The third-order valence-electron chi connectivity index (χ3n) is 5.40. The van der Waals surface area contributed by atoms with Gasteiger partial charge in [0.05, 0.1) is 39.7 Å². The van der Waals surface area contributed by atoms with E-state index in [-0.39, 0.29) is 18.1 Å². The molecule has 1 aromatic heterocycles. The number of ether oxygens (including phenoxy) is 2. The lowest BCUT2D eigenvalue weighted by Crippen LogP contribution is -2.26. The van der Waals surface area contributed by atoms with Gasteiger partial charge in [0.25, 0.3) is 5.91 Å². The van der Waals surface area contributed by atoms with E-state index in [1.807, 2.05) is 6.92 Å². The molecular weight excluding hydrogens is 475 g/mol. The third kappa shape index (κ3) is 6.50. The summed E-state index contributed by atoms with van der Waals surface area (Å²) in [5.74, 6) is -1.03. The fraction of sp³-hybridized carbons (Fsp3) is 0.522. The van der Waals surface area contributed by atoms with E-state index in [0.29, 0.717) is 62.9 Å². The molecule has 2 heterocycles. The predicted molar refractivity (Wildman–Crippen MR) is 119 cm³/mol.